The number of nitrogens with one attached hydrogen (secondary N) is 1. The molecule has 0 unspecified atom stereocenters. The largest absolute Gasteiger partial charge is 0.406 e. The third-order valence-electron chi connectivity index (χ3n) is 5.83. The molecule has 1 fully saturated rings. The predicted octanol–water partition coefficient (Wildman–Crippen LogP) is 4.78. The summed E-state index contributed by atoms with van der Waals surface area (Å²) in [7, 11) is 0. The Hall–Kier alpha value is -3.15. The zero-order valence-electron chi connectivity index (χ0n) is 18.3. The van der Waals surface area contributed by atoms with E-state index in [2.05, 4.69) is 20.4 Å². The van der Waals surface area contributed by atoms with Crippen LogP contribution in [0.3, 0.4) is 0 Å². The molecule has 0 saturated carbocycles. The summed E-state index contributed by atoms with van der Waals surface area (Å²) in [5.74, 6) is 0.318. The summed E-state index contributed by atoms with van der Waals surface area (Å²) in [6.45, 7) is 5.80. The van der Waals surface area contributed by atoms with Crippen molar-refractivity contribution in [2.24, 2.45) is 0 Å². The van der Waals surface area contributed by atoms with Gasteiger partial charge in [0.05, 0.1) is 0 Å². The Labute approximate surface area is 183 Å². The van der Waals surface area contributed by atoms with Gasteiger partial charge >= 0.3 is 6.01 Å². The molecule has 0 bridgehead atoms. The molecule has 0 radical (unpaired) electrons. The summed E-state index contributed by atoms with van der Waals surface area (Å²) < 4.78 is 6.09. The fourth-order valence-electron chi connectivity index (χ4n) is 4.02. The van der Waals surface area contributed by atoms with Gasteiger partial charge in [0, 0.05) is 25.1 Å². The van der Waals surface area contributed by atoms with Crippen LogP contribution in [0.25, 0.3) is 0 Å². The molecular formula is C25H30N4O2. The minimum Gasteiger partial charge on any atom is -0.406 e. The number of carbonyl (C=O) groups is 1. The van der Waals surface area contributed by atoms with Gasteiger partial charge in [-0.3, -0.25) is 4.79 Å². The second-order valence-corrected chi connectivity index (χ2v) is 8.36. The van der Waals surface area contributed by atoms with Gasteiger partial charge in [0.25, 0.3) is 5.91 Å². The molecule has 1 N–H and O–H groups in total. The normalized spacial score (nSPS) is 15.4. The highest BCUT2D eigenvalue weighted by Gasteiger charge is 2.25. The molecule has 1 amide bonds. The van der Waals surface area contributed by atoms with Crippen LogP contribution in [0.5, 0.6) is 0 Å². The van der Waals surface area contributed by atoms with Gasteiger partial charge < -0.3 is 14.6 Å². The molecule has 1 aliphatic rings. The lowest BCUT2D eigenvalue weighted by Gasteiger charge is -2.18. The van der Waals surface area contributed by atoms with E-state index in [-0.39, 0.29) is 5.91 Å². The van der Waals surface area contributed by atoms with Crippen LogP contribution in [-0.2, 0) is 6.42 Å². The van der Waals surface area contributed by atoms with Crippen LogP contribution in [0.2, 0.25) is 0 Å². The minimum atomic E-state index is -0.400. The lowest BCUT2D eigenvalue weighted by molar-refractivity contribution is 0.0929. The minimum absolute atomic E-state index is 0.128. The Kier molecular flexibility index (Phi) is 6.65. The van der Waals surface area contributed by atoms with E-state index in [4.69, 9.17) is 4.42 Å². The first-order chi connectivity index (χ1) is 15.1. The number of aryl methyl sites for hydroxylation is 2. The number of rotatable bonds is 6. The second kappa shape index (κ2) is 9.77. The number of hydrogen-bond acceptors (Lipinski definition) is 5. The van der Waals surface area contributed by atoms with Gasteiger partial charge in [0.1, 0.15) is 6.04 Å². The molecule has 1 saturated heterocycles. The Morgan fingerprint density at radius 1 is 1.03 bits per heavy atom. The average molecular weight is 419 g/mol. The fraction of sp³-hybridized carbons (Fsp3) is 0.400. The third kappa shape index (κ3) is 5.32. The molecule has 3 aromatic rings. The van der Waals surface area contributed by atoms with Crippen molar-refractivity contribution in [3.05, 3.63) is 76.7 Å². The maximum atomic E-state index is 13.1. The van der Waals surface area contributed by atoms with Crippen molar-refractivity contribution in [3.8, 4) is 0 Å². The third-order valence-corrected chi connectivity index (χ3v) is 5.83. The highest BCUT2D eigenvalue weighted by Crippen LogP contribution is 2.24. The Morgan fingerprint density at radius 2 is 1.77 bits per heavy atom. The number of amides is 1. The number of anilines is 1. The van der Waals surface area contributed by atoms with Crippen LogP contribution in [0.4, 0.5) is 6.01 Å². The first kappa shape index (κ1) is 21.1. The average Bonchev–Trinajstić information content (AvgIpc) is 3.11. The zero-order chi connectivity index (χ0) is 21.6. The van der Waals surface area contributed by atoms with E-state index in [0.717, 1.165) is 42.6 Å². The molecule has 1 atom stereocenters. The molecule has 162 valence electrons. The van der Waals surface area contributed by atoms with Crippen LogP contribution in [-0.4, -0.2) is 29.2 Å². The number of carbonyl (C=O) groups excluding carboxylic acids is 1. The van der Waals surface area contributed by atoms with Crippen molar-refractivity contribution in [2.45, 2.75) is 52.0 Å². The molecule has 4 rings (SSSR count). The van der Waals surface area contributed by atoms with Crippen LogP contribution < -0.4 is 10.2 Å². The summed E-state index contributed by atoms with van der Waals surface area (Å²) in [5.41, 5.74) is 3.77. The molecule has 0 spiro atoms. The van der Waals surface area contributed by atoms with Crippen molar-refractivity contribution in [3.63, 3.8) is 0 Å². The lowest BCUT2D eigenvalue weighted by Crippen LogP contribution is -2.31. The monoisotopic (exact) mass is 418 g/mol. The van der Waals surface area contributed by atoms with Gasteiger partial charge in [-0.1, -0.05) is 66.0 Å². The molecular weight excluding hydrogens is 388 g/mol. The second-order valence-electron chi connectivity index (χ2n) is 8.36. The topological polar surface area (TPSA) is 71.3 Å². The van der Waals surface area contributed by atoms with E-state index in [1.807, 2.05) is 62.4 Å². The number of aromatic nitrogens is 2. The summed E-state index contributed by atoms with van der Waals surface area (Å²) in [6, 6.07) is 16.1. The summed E-state index contributed by atoms with van der Waals surface area (Å²) in [6.07, 6.45) is 5.32. The summed E-state index contributed by atoms with van der Waals surface area (Å²) >= 11 is 0. The van der Waals surface area contributed by atoms with Crippen LogP contribution in [0.15, 0.2) is 52.9 Å². The van der Waals surface area contributed by atoms with Gasteiger partial charge in [-0.15, -0.1) is 5.10 Å². The predicted molar refractivity (Wildman–Crippen MR) is 121 cm³/mol. The van der Waals surface area contributed by atoms with Crippen molar-refractivity contribution in [1.29, 1.82) is 0 Å². The molecule has 1 aliphatic heterocycles. The van der Waals surface area contributed by atoms with Gasteiger partial charge in [-0.05, 0) is 43.9 Å². The van der Waals surface area contributed by atoms with Gasteiger partial charge in [0.2, 0.25) is 5.89 Å². The fourth-order valence-corrected chi connectivity index (χ4v) is 4.02. The molecule has 6 heteroatoms. The van der Waals surface area contributed by atoms with Crippen LogP contribution in [0.1, 0.15) is 64.7 Å². The van der Waals surface area contributed by atoms with Crippen molar-refractivity contribution < 1.29 is 9.21 Å². The molecule has 2 aromatic carbocycles. The Bertz CT molecular complexity index is 1010. The highest BCUT2D eigenvalue weighted by atomic mass is 16.4. The SMILES string of the molecule is Cc1ccc(C)c(C(=O)N[C@@H](Cc2ccccc2)c2nnc(N3CCCCCC3)o2)c1. The number of benzene rings is 2. The first-order valence-electron chi connectivity index (χ1n) is 11.1. The highest BCUT2D eigenvalue weighted by molar-refractivity contribution is 5.96. The van der Waals surface area contributed by atoms with Crippen molar-refractivity contribution in [1.82, 2.24) is 15.5 Å². The van der Waals surface area contributed by atoms with E-state index in [1.165, 1.54) is 12.8 Å². The van der Waals surface area contributed by atoms with Crippen molar-refractivity contribution >= 4 is 11.9 Å². The molecule has 6 nitrogen and oxygen atoms in total. The number of hydrogen-bond donors (Lipinski definition) is 1. The van der Waals surface area contributed by atoms with E-state index in [9.17, 15) is 4.79 Å². The van der Waals surface area contributed by atoms with Crippen molar-refractivity contribution in [2.75, 3.05) is 18.0 Å². The van der Waals surface area contributed by atoms with Crippen LogP contribution in [0, 0.1) is 13.8 Å². The standard InChI is InChI=1S/C25H30N4O2/c1-18-12-13-19(2)21(16-18)23(30)26-22(17-20-10-6-5-7-11-20)24-27-28-25(31-24)29-14-8-3-4-9-15-29/h5-7,10-13,16,22H,3-4,8-9,14-15,17H2,1-2H3,(H,26,30)/t22-/m0/s1. The lowest BCUT2D eigenvalue weighted by atomic mass is 10.0. The summed E-state index contributed by atoms with van der Waals surface area (Å²) in [4.78, 5) is 15.3. The zero-order valence-corrected chi connectivity index (χ0v) is 18.3. The van der Waals surface area contributed by atoms with Gasteiger partial charge in [-0.25, -0.2) is 0 Å². The van der Waals surface area contributed by atoms with Gasteiger partial charge in [-0.2, -0.15) is 0 Å². The molecule has 0 aliphatic carbocycles. The summed E-state index contributed by atoms with van der Waals surface area (Å²) in [5, 5.41) is 11.8. The van der Waals surface area contributed by atoms with Crippen LogP contribution >= 0.6 is 0 Å². The maximum Gasteiger partial charge on any atom is 0.318 e. The molecule has 2 heterocycles. The Morgan fingerprint density at radius 3 is 2.52 bits per heavy atom. The molecule has 31 heavy (non-hydrogen) atoms. The quantitative estimate of drug-likeness (QED) is 0.624. The van der Waals surface area contributed by atoms with E-state index in [1.54, 1.807) is 0 Å². The maximum absolute atomic E-state index is 13.1. The van der Waals surface area contributed by atoms with Gasteiger partial charge in [0.15, 0.2) is 0 Å². The smallest absolute Gasteiger partial charge is 0.318 e. The van der Waals surface area contributed by atoms with E-state index < -0.39 is 6.04 Å². The molecule has 1 aromatic heterocycles. The first-order valence-corrected chi connectivity index (χ1v) is 11.1. The van der Waals surface area contributed by atoms with E-state index >= 15 is 0 Å². The van der Waals surface area contributed by atoms with E-state index in [0.29, 0.717) is 23.9 Å². The Balaban J connectivity index is 1.58. The number of nitrogens with zero attached hydrogens (tertiary/aromatic N) is 3.